The number of rotatable bonds is 6. The summed E-state index contributed by atoms with van der Waals surface area (Å²) in [5.41, 5.74) is 17.5. The fourth-order valence-electron chi connectivity index (χ4n) is 12.9. The van der Waals surface area contributed by atoms with Gasteiger partial charge in [-0.05, 0) is 122 Å². The van der Waals surface area contributed by atoms with Crippen molar-refractivity contribution >= 4 is 109 Å². The second-order valence-corrected chi connectivity index (χ2v) is 21.2. The van der Waals surface area contributed by atoms with Crippen molar-refractivity contribution in [3.8, 4) is 45.4 Å². The largest absolute Gasteiger partial charge is 0.309 e. The predicted octanol–water partition coefficient (Wildman–Crippen LogP) is 20.1. The molecule has 17 rings (SSSR count). The molecule has 0 aliphatic rings. The molecule has 0 atom stereocenters. The summed E-state index contributed by atoms with van der Waals surface area (Å²) in [6, 6.07) is 96.8. The van der Waals surface area contributed by atoms with Gasteiger partial charge >= 0.3 is 0 Å². The Balaban J connectivity index is 0.00000134. The minimum Gasteiger partial charge on any atom is -0.309 e. The summed E-state index contributed by atoms with van der Waals surface area (Å²) >= 11 is 0. The van der Waals surface area contributed by atoms with E-state index >= 15 is 0 Å². The van der Waals surface area contributed by atoms with Crippen molar-refractivity contribution in [1.82, 2.24) is 28.2 Å². The monoisotopic (exact) mass is 1050 g/mol. The highest BCUT2D eigenvalue weighted by atomic mass is 15.0. The Labute approximate surface area is 472 Å². The number of fused-ring (bicyclic) bond motifs is 15. The van der Waals surface area contributed by atoms with Crippen LogP contribution in [0.5, 0.6) is 0 Å². The Hall–Kier alpha value is -10.8. The van der Waals surface area contributed by atoms with Crippen molar-refractivity contribution in [2.75, 3.05) is 0 Å². The molecule has 0 aliphatic carbocycles. The predicted molar refractivity (Wildman–Crippen MR) is 346 cm³/mol. The third kappa shape index (κ3) is 7.28. The van der Waals surface area contributed by atoms with Gasteiger partial charge in [-0.3, -0.25) is 0 Å². The maximum absolute atomic E-state index is 5.59. The van der Waals surface area contributed by atoms with Crippen molar-refractivity contribution < 1.29 is 0 Å². The summed E-state index contributed by atoms with van der Waals surface area (Å²) < 4.78 is 9.60. The van der Waals surface area contributed by atoms with Crippen molar-refractivity contribution in [1.29, 1.82) is 0 Å². The van der Waals surface area contributed by atoms with Crippen LogP contribution in [-0.4, -0.2) is 28.2 Å². The normalized spacial score (nSPS) is 12.0. The fraction of sp³-hybridized carbons (Fsp3) is 0.0263. The van der Waals surface area contributed by atoms with E-state index in [9.17, 15) is 0 Å². The average molecular weight is 1050 g/mol. The van der Waals surface area contributed by atoms with Gasteiger partial charge in [0.05, 0.1) is 55.3 Å². The summed E-state index contributed by atoms with van der Waals surface area (Å²) in [5.74, 6) is 0.671. The Kier molecular flexibility index (Phi) is 10.9. The Morgan fingerprint density at radius 2 is 0.610 bits per heavy atom. The third-order valence-electron chi connectivity index (χ3n) is 16.7. The van der Waals surface area contributed by atoms with Gasteiger partial charge < -0.3 is 18.3 Å². The van der Waals surface area contributed by atoms with Crippen LogP contribution in [0.15, 0.2) is 279 Å². The second kappa shape index (κ2) is 18.9. The lowest BCUT2D eigenvalue weighted by Gasteiger charge is -2.15. The number of benzene rings is 12. The van der Waals surface area contributed by atoms with Crippen LogP contribution in [-0.2, 0) is 0 Å². The number of hydrogen-bond donors (Lipinski definition) is 0. The van der Waals surface area contributed by atoms with Crippen molar-refractivity contribution in [2.24, 2.45) is 0 Å². The molecule has 17 aromatic rings. The summed E-state index contributed by atoms with van der Waals surface area (Å²) in [7, 11) is 0. The summed E-state index contributed by atoms with van der Waals surface area (Å²) in [6.07, 6.45) is 4.00. The molecule has 0 N–H and O–H groups in total. The Morgan fingerprint density at radius 1 is 0.256 bits per heavy atom. The van der Waals surface area contributed by atoms with Gasteiger partial charge in [-0.1, -0.05) is 176 Å². The average Bonchev–Trinajstić information content (AvgIpc) is 4.48. The van der Waals surface area contributed by atoms with Gasteiger partial charge in [0.15, 0.2) is 5.82 Å². The molecule has 0 saturated carbocycles. The number of hydrogen-bond acceptors (Lipinski definition) is 2. The van der Waals surface area contributed by atoms with Crippen LogP contribution in [0.4, 0.5) is 0 Å². The number of allylic oxidation sites excluding steroid dienone is 2. The minimum absolute atomic E-state index is 0.671. The number of nitrogens with zero attached hydrogens (tertiary/aromatic N) is 6. The van der Waals surface area contributed by atoms with Gasteiger partial charge in [0.1, 0.15) is 0 Å². The van der Waals surface area contributed by atoms with E-state index in [1.165, 1.54) is 65.2 Å². The van der Waals surface area contributed by atoms with Gasteiger partial charge in [0.2, 0.25) is 0 Å². The molecule has 82 heavy (non-hydrogen) atoms. The van der Waals surface area contributed by atoms with Crippen molar-refractivity contribution in [3.05, 3.63) is 279 Å². The van der Waals surface area contributed by atoms with E-state index in [-0.39, 0.29) is 0 Å². The van der Waals surface area contributed by atoms with Crippen LogP contribution in [0.1, 0.15) is 13.8 Å². The van der Waals surface area contributed by atoms with Crippen LogP contribution >= 0.6 is 0 Å². The summed E-state index contributed by atoms with van der Waals surface area (Å²) in [4.78, 5) is 11.1. The zero-order valence-corrected chi connectivity index (χ0v) is 45.2. The first-order valence-corrected chi connectivity index (χ1v) is 28.1. The highest BCUT2D eigenvalue weighted by Gasteiger charge is 2.21. The zero-order valence-electron chi connectivity index (χ0n) is 45.2. The number of para-hydroxylation sites is 6. The molecule has 386 valence electrons. The highest BCUT2D eigenvalue weighted by Crippen LogP contribution is 2.41. The molecule has 0 aliphatic heterocycles. The van der Waals surface area contributed by atoms with Crippen LogP contribution in [0, 0.1) is 0 Å². The fourth-order valence-corrected chi connectivity index (χ4v) is 12.9. The first-order chi connectivity index (χ1) is 40.6. The van der Waals surface area contributed by atoms with Gasteiger partial charge in [-0.15, -0.1) is 0 Å². The molecule has 5 heterocycles. The SMILES string of the molecule is C/C=C\C.c1cc(-c2nc(-c3cccc(-n4c5ccccc5c5cc(-n6c7ccccc7c7ccccc76)ccc54)c3)c3ccc4ccccc4c3n2)cc(-n2c3ccccc3c3cc(-n4c5ccccc5c5ccccc54)ccc32)c1. The Bertz CT molecular complexity index is 5340. The quantitative estimate of drug-likeness (QED) is 0.123. The molecule has 5 aromatic heterocycles. The lowest BCUT2D eigenvalue weighted by atomic mass is 10.0. The van der Waals surface area contributed by atoms with Crippen LogP contribution in [0.2, 0.25) is 0 Å². The summed E-state index contributed by atoms with van der Waals surface area (Å²) in [6.45, 7) is 4.00. The van der Waals surface area contributed by atoms with E-state index in [0.717, 1.165) is 83.3 Å². The van der Waals surface area contributed by atoms with Crippen LogP contribution in [0.25, 0.3) is 154 Å². The molecule has 0 saturated heterocycles. The van der Waals surface area contributed by atoms with E-state index in [2.05, 4.69) is 285 Å². The molecule has 12 aromatic carbocycles. The molecule has 0 radical (unpaired) electrons. The van der Waals surface area contributed by atoms with Crippen LogP contribution < -0.4 is 0 Å². The molecule has 0 spiro atoms. The lowest BCUT2D eigenvalue weighted by molar-refractivity contribution is 1.16. The molecule has 0 fully saturated rings. The van der Waals surface area contributed by atoms with E-state index in [1.807, 2.05) is 26.0 Å². The summed E-state index contributed by atoms with van der Waals surface area (Å²) in [5, 5.41) is 13.0. The molecule has 0 amide bonds. The van der Waals surface area contributed by atoms with Gasteiger partial charge in [-0.2, -0.15) is 0 Å². The van der Waals surface area contributed by atoms with Gasteiger partial charge in [0.25, 0.3) is 0 Å². The van der Waals surface area contributed by atoms with E-state index < -0.39 is 0 Å². The Morgan fingerprint density at radius 3 is 1.05 bits per heavy atom. The first-order valence-electron chi connectivity index (χ1n) is 28.1. The van der Waals surface area contributed by atoms with Crippen molar-refractivity contribution in [2.45, 2.75) is 13.8 Å². The maximum Gasteiger partial charge on any atom is 0.160 e. The van der Waals surface area contributed by atoms with Gasteiger partial charge in [-0.25, -0.2) is 9.97 Å². The molecule has 6 heteroatoms. The number of aromatic nitrogens is 6. The highest BCUT2D eigenvalue weighted by molar-refractivity contribution is 6.15. The van der Waals surface area contributed by atoms with E-state index in [1.54, 1.807) is 0 Å². The minimum atomic E-state index is 0.671. The second-order valence-electron chi connectivity index (χ2n) is 21.2. The standard InChI is InChI=1S/C72H44N6.C4H8/c1-2-22-52-45(17-1)35-38-59-70(46-18-15-20-48(41-46)75-66-33-13-7-27-57(66)60-43-50(36-39-68(60)75)77-62-29-9-3-23-53(62)54-24-4-10-30-63(54)77)73-72(74-71(52)59)47-19-16-21-49(42-47)76-67-34-14-8-28-58(67)61-44-51(37-40-69(61)76)78-64-31-11-5-25-55(64)56-26-6-12-32-65(56)78;1-3-4-2/h1-44H;3-4H,1-2H3/b;4-3-. The topological polar surface area (TPSA) is 45.5 Å². The molecule has 6 nitrogen and oxygen atoms in total. The maximum atomic E-state index is 5.59. The van der Waals surface area contributed by atoms with Gasteiger partial charge in [0, 0.05) is 87.7 Å². The molecule has 0 unspecified atom stereocenters. The molecule has 0 bridgehead atoms. The first kappa shape index (κ1) is 47.2. The van der Waals surface area contributed by atoms with E-state index in [0.29, 0.717) is 5.82 Å². The third-order valence-corrected chi connectivity index (χ3v) is 16.7. The smallest absolute Gasteiger partial charge is 0.160 e. The lowest BCUT2D eigenvalue weighted by Crippen LogP contribution is -1.99. The van der Waals surface area contributed by atoms with Crippen molar-refractivity contribution in [3.63, 3.8) is 0 Å². The molecular weight excluding hydrogens is 997 g/mol. The van der Waals surface area contributed by atoms with Crippen LogP contribution in [0.3, 0.4) is 0 Å². The van der Waals surface area contributed by atoms with E-state index in [4.69, 9.17) is 9.97 Å². The molecular formula is C76H52N6. The zero-order chi connectivity index (χ0) is 54.4.